The van der Waals surface area contributed by atoms with Crippen LogP contribution in [0.4, 0.5) is 0 Å². The van der Waals surface area contributed by atoms with Crippen molar-refractivity contribution in [3.8, 4) is 0 Å². The van der Waals surface area contributed by atoms with E-state index in [-0.39, 0.29) is 0 Å². The van der Waals surface area contributed by atoms with Crippen molar-refractivity contribution < 1.29 is 4.74 Å². The van der Waals surface area contributed by atoms with Gasteiger partial charge in [0.2, 0.25) is 0 Å². The highest BCUT2D eigenvalue weighted by Crippen LogP contribution is 2.28. The van der Waals surface area contributed by atoms with Crippen molar-refractivity contribution in [2.45, 2.75) is 38.3 Å². The normalized spacial score (nSPS) is 19.4. The van der Waals surface area contributed by atoms with Gasteiger partial charge in [0, 0.05) is 31.6 Å². The maximum Gasteiger partial charge on any atom is 0.153 e. The van der Waals surface area contributed by atoms with Crippen LogP contribution < -0.4 is 0 Å². The highest BCUT2D eigenvalue weighted by molar-refractivity contribution is 5.19. The van der Waals surface area contributed by atoms with E-state index < -0.39 is 0 Å². The number of nitrogens with zero attached hydrogens (tertiary/aromatic N) is 3. The van der Waals surface area contributed by atoms with Gasteiger partial charge in [0.1, 0.15) is 6.61 Å². The summed E-state index contributed by atoms with van der Waals surface area (Å²) in [7, 11) is 1.66. The van der Waals surface area contributed by atoms with Gasteiger partial charge in [-0.05, 0) is 43.8 Å². The molecule has 0 N–H and O–H groups in total. The number of aromatic nitrogens is 2. The molecule has 2 aromatic rings. The monoisotopic (exact) mass is 311 g/mol. The predicted molar refractivity (Wildman–Crippen MR) is 91.1 cm³/mol. The Morgan fingerprint density at radius 3 is 2.61 bits per heavy atom. The van der Waals surface area contributed by atoms with Gasteiger partial charge in [-0.2, -0.15) is 0 Å². The summed E-state index contributed by atoms with van der Waals surface area (Å²) >= 11 is 0. The van der Waals surface area contributed by atoms with Crippen molar-refractivity contribution in [3.63, 3.8) is 0 Å². The van der Waals surface area contributed by atoms with Gasteiger partial charge in [0.05, 0.1) is 0 Å². The van der Waals surface area contributed by atoms with Crippen LogP contribution in [0.1, 0.15) is 42.1 Å². The Bertz CT molecular complexity index is 585. The number of ether oxygens (including phenoxy) is 1. The van der Waals surface area contributed by atoms with Crippen LogP contribution in [0.5, 0.6) is 0 Å². The van der Waals surface area contributed by atoms with Crippen LogP contribution in [0.3, 0.4) is 0 Å². The Morgan fingerprint density at radius 1 is 1.09 bits per heavy atom. The molecule has 0 spiro atoms. The topological polar surface area (TPSA) is 38.2 Å². The van der Waals surface area contributed by atoms with E-state index >= 15 is 0 Å². The van der Waals surface area contributed by atoms with Crippen LogP contribution in [0, 0.1) is 0 Å². The van der Waals surface area contributed by atoms with Crippen molar-refractivity contribution in [2.75, 3.05) is 20.2 Å². The maximum absolute atomic E-state index is 5.05. The van der Waals surface area contributed by atoms with Gasteiger partial charge in [-0.1, -0.05) is 30.3 Å². The van der Waals surface area contributed by atoms with Crippen LogP contribution in [-0.4, -0.2) is 35.1 Å². The SMILES string of the molecule is COCc1ncc(CN2CCC[C@@H](c3ccccc3)CC2)cn1. The van der Waals surface area contributed by atoms with E-state index in [0.29, 0.717) is 12.5 Å². The summed E-state index contributed by atoms with van der Waals surface area (Å²) < 4.78 is 5.05. The molecular weight excluding hydrogens is 286 g/mol. The minimum absolute atomic E-state index is 0.475. The summed E-state index contributed by atoms with van der Waals surface area (Å²) in [5.41, 5.74) is 2.67. The average Bonchev–Trinajstić information content (AvgIpc) is 2.83. The van der Waals surface area contributed by atoms with Crippen LogP contribution in [-0.2, 0) is 17.9 Å². The standard InChI is InChI=1S/C19H25N3O/c1-23-15-19-20-12-16(13-21-19)14-22-10-5-8-18(9-11-22)17-6-3-2-4-7-17/h2-4,6-7,12-13,18H,5,8-11,14-15H2,1H3/t18-/m1/s1. The summed E-state index contributed by atoms with van der Waals surface area (Å²) in [6.45, 7) is 3.71. The summed E-state index contributed by atoms with van der Waals surface area (Å²) in [4.78, 5) is 11.2. The molecule has 1 aliphatic heterocycles. The van der Waals surface area contributed by atoms with E-state index in [9.17, 15) is 0 Å². The lowest BCUT2D eigenvalue weighted by atomic mass is 9.92. The third kappa shape index (κ3) is 4.60. The van der Waals surface area contributed by atoms with Crippen LogP contribution in [0.25, 0.3) is 0 Å². The lowest BCUT2D eigenvalue weighted by Crippen LogP contribution is -2.24. The zero-order valence-corrected chi connectivity index (χ0v) is 13.8. The number of hydrogen-bond donors (Lipinski definition) is 0. The fraction of sp³-hybridized carbons (Fsp3) is 0.474. The van der Waals surface area contributed by atoms with Gasteiger partial charge in [0.15, 0.2) is 5.82 Å². The fourth-order valence-corrected chi connectivity index (χ4v) is 3.30. The highest BCUT2D eigenvalue weighted by Gasteiger charge is 2.18. The molecule has 4 nitrogen and oxygen atoms in total. The second-order valence-electron chi connectivity index (χ2n) is 6.26. The smallest absolute Gasteiger partial charge is 0.153 e. The highest BCUT2D eigenvalue weighted by atomic mass is 16.5. The largest absolute Gasteiger partial charge is 0.377 e. The lowest BCUT2D eigenvalue weighted by molar-refractivity contribution is 0.177. The third-order valence-electron chi connectivity index (χ3n) is 4.53. The molecule has 122 valence electrons. The van der Waals surface area contributed by atoms with Crippen molar-refractivity contribution in [2.24, 2.45) is 0 Å². The Balaban J connectivity index is 1.55. The molecule has 0 bridgehead atoms. The zero-order valence-electron chi connectivity index (χ0n) is 13.8. The number of hydrogen-bond acceptors (Lipinski definition) is 4. The molecule has 2 heterocycles. The van der Waals surface area contributed by atoms with E-state index in [1.54, 1.807) is 7.11 Å². The molecule has 4 heteroatoms. The molecule has 1 aromatic heterocycles. The Hall–Kier alpha value is -1.78. The lowest BCUT2D eigenvalue weighted by Gasteiger charge is -2.20. The van der Waals surface area contributed by atoms with E-state index in [1.807, 2.05) is 12.4 Å². The fourth-order valence-electron chi connectivity index (χ4n) is 3.30. The number of methoxy groups -OCH3 is 1. The Kier molecular flexibility index (Phi) is 5.72. The summed E-state index contributed by atoms with van der Waals surface area (Å²) in [6, 6.07) is 10.9. The second-order valence-corrected chi connectivity index (χ2v) is 6.26. The predicted octanol–water partition coefficient (Wildman–Crippen LogP) is 3.39. The van der Waals surface area contributed by atoms with Crippen molar-refractivity contribution in [1.82, 2.24) is 14.9 Å². The maximum atomic E-state index is 5.05. The van der Waals surface area contributed by atoms with Gasteiger partial charge >= 0.3 is 0 Å². The Labute approximate surface area is 138 Å². The molecular formula is C19H25N3O. The number of benzene rings is 1. The average molecular weight is 311 g/mol. The molecule has 1 aromatic carbocycles. The zero-order chi connectivity index (χ0) is 15.9. The molecule has 0 radical (unpaired) electrons. The molecule has 1 fully saturated rings. The first-order valence-electron chi connectivity index (χ1n) is 8.41. The summed E-state index contributed by atoms with van der Waals surface area (Å²) in [5, 5.41) is 0. The first-order chi connectivity index (χ1) is 11.3. The van der Waals surface area contributed by atoms with Crippen molar-refractivity contribution >= 4 is 0 Å². The van der Waals surface area contributed by atoms with E-state index in [4.69, 9.17) is 4.74 Å². The molecule has 1 saturated heterocycles. The molecule has 1 aliphatic rings. The minimum Gasteiger partial charge on any atom is -0.377 e. The summed E-state index contributed by atoms with van der Waals surface area (Å²) in [6.07, 6.45) is 7.63. The molecule has 0 aliphatic carbocycles. The number of likely N-dealkylation sites (tertiary alicyclic amines) is 1. The van der Waals surface area contributed by atoms with Gasteiger partial charge in [-0.15, -0.1) is 0 Å². The van der Waals surface area contributed by atoms with E-state index in [2.05, 4.69) is 45.2 Å². The molecule has 0 unspecified atom stereocenters. The second kappa shape index (κ2) is 8.18. The van der Waals surface area contributed by atoms with Crippen molar-refractivity contribution in [3.05, 3.63) is 59.7 Å². The van der Waals surface area contributed by atoms with Gasteiger partial charge in [0.25, 0.3) is 0 Å². The third-order valence-corrected chi connectivity index (χ3v) is 4.53. The summed E-state index contributed by atoms with van der Waals surface area (Å²) in [5.74, 6) is 1.44. The molecule has 0 amide bonds. The van der Waals surface area contributed by atoms with E-state index in [1.165, 1.54) is 30.4 Å². The first kappa shape index (κ1) is 16.1. The van der Waals surface area contributed by atoms with Gasteiger partial charge < -0.3 is 4.74 Å². The Morgan fingerprint density at radius 2 is 1.87 bits per heavy atom. The van der Waals surface area contributed by atoms with Crippen LogP contribution in [0.15, 0.2) is 42.7 Å². The van der Waals surface area contributed by atoms with Gasteiger partial charge in [-0.25, -0.2) is 9.97 Å². The van der Waals surface area contributed by atoms with Gasteiger partial charge in [-0.3, -0.25) is 4.90 Å². The minimum atomic E-state index is 0.475. The van der Waals surface area contributed by atoms with Crippen LogP contribution in [0.2, 0.25) is 0 Å². The van der Waals surface area contributed by atoms with Crippen LogP contribution >= 0.6 is 0 Å². The first-order valence-corrected chi connectivity index (χ1v) is 8.41. The number of rotatable bonds is 5. The van der Waals surface area contributed by atoms with E-state index in [0.717, 1.165) is 25.5 Å². The quantitative estimate of drug-likeness (QED) is 0.848. The van der Waals surface area contributed by atoms with Crippen molar-refractivity contribution in [1.29, 1.82) is 0 Å². The molecule has 1 atom stereocenters. The molecule has 3 rings (SSSR count). The molecule has 0 saturated carbocycles. The molecule has 23 heavy (non-hydrogen) atoms.